The van der Waals surface area contributed by atoms with Crippen LogP contribution < -0.4 is 4.90 Å². The van der Waals surface area contributed by atoms with Gasteiger partial charge in [0.05, 0.1) is 36.0 Å². The summed E-state index contributed by atoms with van der Waals surface area (Å²) in [5.41, 5.74) is 2.53. The van der Waals surface area contributed by atoms with Crippen LogP contribution in [-0.4, -0.2) is 41.9 Å². The van der Waals surface area contributed by atoms with Gasteiger partial charge >= 0.3 is 5.00 Å². The number of piperazine rings is 1. The molecule has 6 nitrogen and oxygen atoms in total. The van der Waals surface area contributed by atoms with E-state index < -0.39 is 4.92 Å². The second kappa shape index (κ2) is 8.55. The van der Waals surface area contributed by atoms with Crippen molar-refractivity contribution in [1.29, 1.82) is 0 Å². The van der Waals surface area contributed by atoms with Crippen LogP contribution in [0.4, 0.5) is 5.00 Å². The topological polar surface area (TPSA) is 67.9 Å². The van der Waals surface area contributed by atoms with E-state index in [0.29, 0.717) is 18.0 Å². The number of carbonyl (C=O) groups excluding carboxylic acids is 1. The molecule has 0 bridgehead atoms. The van der Waals surface area contributed by atoms with Gasteiger partial charge in [0.1, 0.15) is 6.04 Å². The summed E-state index contributed by atoms with van der Waals surface area (Å²) in [6.07, 6.45) is 0. The minimum atomic E-state index is -0.451. The Morgan fingerprint density at radius 2 is 1.48 bits per heavy atom. The monoisotopic (exact) mass is 408 g/mol. The van der Waals surface area contributed by atoms with Gasteiger partial charge in [0.15, 0.2) is 0 Å². The molecule has 7 heteroatoms. The third-order valence-electron chi connectivity index (χ3n) is 5.35. The number of hydrogen-bond donors (Lipinski definition) is 1. The SMILES string of the molecule is O=C(c1ccc([N+](=O)[O-])s1)N1CC[NH+](C(c2ccccc2)c2ccccc2)CC1. The second-order valence-electron chi connectivity index (χ2n) is 7.10. The number of thiophene rings is 1. The minimum Gasteiger partial charge on any atom is -0.327 e. The molecule has 0 saturated carbocycles. The van der Waals surface area contributed by atoms with E-state index in [4.69, 9.17) is 0 Å². The molecule has 0 unspecified atom stereocenters. The molecule has 1 N–H and O–H groups in total. The predicted octanol–water partition coefficient (Wildman–Crippen LogP) is 2.79. The van der Waals surface area contributed by atoms with E-state index in [-0.39, 0.29) is 17.0 Å². The minimum absolute atomic E-state index is 0.00540. The third-order valence-corrected chi connectivity index (χ3v) is 6.37. The van der Waals surface area contributed by atoms with Crippen molar-refractivity contribution in [3.05, 3.63) is 98.9 Å². The molecule has 1 aliphatic rings. The first-order chi connectivity index (χ1) is 14.1. The highest BCUT2D eigenvalue weighted by molar-refractivity contribution is 7.17. The Hall–Kier alpha value is -3.03. The molecular formula is C22H22N3O3S+. The molecule has 4 rings (SSSR count). The Kier molecular flexibility index (Phi) is 5.69. The summed E-state index contributed by atoms with van der Waals surface area (Å²) < 4.78 is 0. The smallest absolute Gasteiger partial charge is 0.324 e. The van der Waals surface area contributed by atoms with Gasteiger partial charge in [-0.15, -0.1) is 0 Å². The average molecular weight is 409 g/mol. The van der Waals surface area contributed by atoms with Gasteiger partial charge in [-0.3, -0.25) is 14.9 Å². The molecule has 0 spiro atoms. The van der Waals surface area contributed by atoms with E-state index >= 15 is 0 Å². The Balaban J connectivity index is 1.49. The molecule has 0 atom stereocenters. The van der Waals surface area contributed by atoms with Gasteiger partial charge in [0.25, 0.3) is 5.91 Å². The summed E-state index contributed by atoms with van der Waals surface area (Å²) >= 11 is 0.946. The Morgan fingerprint density at radius 3 is 1.97 bits per heavy atom. The van der Waals surface area contributed by atoms with E-state index in [1.807, 2.05) is 17.0 Å². The van der Waals surface area contributed by atoms with Crippen LogP contribution in [-0.2, 0) is 0 Å². The highest BCUT2D eigenvalue weighted by Gasteiger charge is 2.32. The van der Waals surface area contributed by atoms with Crippen LogP contribution in [0.5, 0.6) is 0 Å². The van der Waals surface area contributed by atoms with Crippen LogP contribution in [0.2, 0.25) is 0 Å². The van der Waals surface area contributed by atoms with E-state index in [1.54, 1.807) is 6.07 Å². The van der Waals surface area contributed by atoms with Crippen LogP contribution in [0.3, 0.4) is 0 Å². The number of benzene rings is 2. The fourth-order valence-electron chi connectivity index (χ4n) is 3.94. The first kappa shape index (κ1) is 19.3. The highest BCUT2D eigenvalue weighted by Crippen LogP contribution is 2.25. The fourth-order valence-corrected chi connectivity index (χ4v) is 4.73. The highest BCUT2D eigenvalue weighted by atomic mass is 32.1. The summed E-state index contributed by atoms with van der Waals surface area (Å²) in [5.74, 6) is -0.113. The van der Waals surface area contributed by atoms with Crippen molar-refractivity contribution in [2.24, 2.45) is 0 Å². The average Bonchev–Trinajstić information content (AvgIpc) is 3.26. The van der Waals surface area contributed by atoms with Crippen LogP contribution in [0, 0.1) is 10.1 Å². The van der Waals surface area contributed by atoms with Crippen molar-refractivity contribution >= 4 is 22.2 Å². The van der Waals surface area contributed by atoms with Crippen LogP contribution in [0.15, 0.2) is 72.8 Å². The van der Waals surface area contributed by atoms with E-state index in [0.717, 1.165) is 24.4 Å². The normalized spacial score (nSPS) is 14.9. The molecule has 1 aromatic heterocycles. The maximum Gasteiger partial charge on any atom is 0.324 e. The zero-order chi connectivity index (χ0) is 20.2. The number of nitro groups is 1. The summed E-state index contributed by atoms with van der Waals surface area (Å²) in [5, 5.41) is 10.9. The molecule has 1 fully saturated rings. The zero-order valence-electron chi connectivity index (χ0n) is 15.9. The van der Waals surface area contributed by atoms with Gasteiger partial charge in [-0.05, 0) is 6.07 Å². The number of nitrogens with zero attached hydrogens (tertiary/aromatic N) is 2. The number of carbonyl (C=O) groups is 1. The lowest BCUT2D eigenvalue weighted by atomic mass is 9.96. The van der Waals surface area contributed by atoms with Crippen LogP contribution in [0.25, 0.3) is 0 Å². The summed E-state index contributed by atoms with van der Waals surface area (Å²) in [6, 6.07) is 24.1. The second-order valence-corrected chi connectivity index (χ2v) is 8.16. The lowest BCUT2D eigenvalue weighted by Crippen LogP contribution is -3.15. The standard InChI is InChI=1S/C22H21N3O3S/c26-22(19-11-12-20(29-19)25(27)28)24-15-13-23(14-16-24)21(17-7-3-1-4-8-17)18-9-5-2-6-10-18/h1-12,21H,13-16H2/p+1. The zero-order valence-corrected chi connectivity index (χ0v) is 16.7. The largest absolute Gasteiger partial charge is 0.327 e. The number of rotatable bonds is 5. The molecule has 0 radical (unpaired) electrons. The van der Waals surface area contributed by atoms with Gasteiger partial charge < -0.3 is 9.80 Å². The lowest BCUT2D eigenvalue weighted by Gasteiger charge is -2.36. The maximum atomic E-state index is 12.8. The molecular weight excluding hydrogens is 386 g/mol. The molecule has 1 saturated heterocycles. The van der Waals surface area contributed by atoms with Crippen molar-refractivity contribution in [2.45, 2.75) is 6.04 Å². The van der Waals surface area contributed by atoms with Crippen molar-refractivity contribution in [2.75, 3.05) is 26.2 Å². The number of amides is 1. The lowest BCUT2D eigenvalue weighted by molar-refractivity contribution is -0.929. The van der Waals surface area contributed by atoms with Gasteiger partial charge in [0, 0.05) is 17.2 Å². The Bertz CT molecular complexity index is 943. The summed E-state index contributed by atoms with van der Waals surface area (Å²) in [7, 11) is 0. The van der Waals surface area contributed by atoms with Gasteiger partial charge in [0.2, 0.25) is 0 Å². The van der Waals surface area contributed by atoms with Gasteiger partial charge in [-0.25, -0.2) is 0 Å². The summed E-state index contributed by atoms with van der Waals surface area (Å²) in [6.45, 7) is 2.92. The van der Waals surface area contributed by atoms with E-state index in [9.17, 15) is 14.9 Å². The number of nitrogens with one attached hydrogen (secondary N) is 1. The van der Waals surface area contributed by atoms with Crippen LogP contribution >= 0.6 is 11.3 Å². The Morgan fingerprint density at radius 1 is 0.931 bits per heavy atom. The summed E-state index contributed by atoms with van der Waals surface area (Å²) in [4.78, 5) is 26.9. The molecule has 2 aromatic carbocycles. The predicted molar refractivity (Wildman–Crippen MR) is 112 cm³/mol. The van der Waals surface area contributed by atoms with Crippen LogP contribution in [0.1, 0.15) is 26.8 Å². The first-order valence-corrected chi connectivity index (χ1v) is 10.4. The van der Waals surface area contributed by atoms with E-state index in [2.05, 4.69) is 48.5 Å². The van der Waals surface area contributed by atoms with Crippen molar-refractivity contribution in [1.82, 2.24) is 4.90 Å². The molecule has 148 valence electrons. The number of hydrogen-bond acceptors (Lipinski definition) is 4. The van der Waals surface area contributed by atoms with Crippen molar-refractivity contribution in [3.63, 3.8) is 0 Å². The van der Waals surface area contributed by atoms with Gasteiger partial charge in [-0.1, -0.05) is 72.0 Å². The number of quaternary nitrogens is 1. The third kappa shape index (κ3) is 4.21. The van der Waals surface area contributed by atoms with Crippen molar-refractivity contribution < 1.29 is 14.6 Å². The molecule has 1 aliphatic heterocycles. The molecule has 0 aliphatic carbocycles. The Labute approximate surface area is 173 Å². The molecule has 3 aromatic rings. The quantitative estimate of drug-likeness (QED) is 0.521. The van der Waals surface area contributed by atoms with E-state index in [1.165, 1.54) is 22.1 Å². The van der Waals surface area contributed by atoms with Gasteiger partial charge in [-0.2, -0.15) is 0 Å². The fraction of sp³-hybridized carbons (Fsp3) is 0.227. The molecule has 1 amide bonds. The molecule has 2 heterocycles. The first-order valence-electron chi connectivity index (χ1n) is 9.61. The molecule has 29 heavy (non-hydrogen) atoms. The van der Waals surface area contributed by atoms with Crippen molar-refractivity contribution in [3.8, 4) is 0 Å². The maximum absolute atomic E-state index is 12.8.